The molecule has 7 aromatic carbocycles. The van der Waals surface area contributed by atoms with Gasteiger partial charge in [-0.05, 0) is 222 Å². The van der Waals surface area contributed by atoms with E-state index in [1.807, 2.05) is 49.4 Å². The molecule has 0 radical (unpaired) electrons. The molecule has 7 aromatic rings. The van der Waals surface area contributed by atoms with Crippen LogP contribution in [0.15, 0.2) is 103 Å². The molecule has 0 spiro atoms. The van der Waals surface area contributed by atoms with Crippen molar-refractivity contribution >= 4 is 0 Å². The lowest BCUT2D eigenvalue weighted by Crippen LogP contribution is -2.20. The van der Waals surface area contributed by atoms with Crippen molar-refractivity contribution in [2.45, 2.75) is 116 Å². The largest absolute Gasteiger partial charge is 0.493 e. The molecule has 0 saturated carbocycles. The average Bonchev–Trinajstić information content (AvgIpc) is 3.24. The van der Waals surface area contributed by atoms with Crippen molar-refractivity contribution < 1.29 is 28.4 Å². The molecule has 342 valence electrons. The minimum atomic E-state index is -0.291. The molecule has 0 saturated heterocycles. The Bertz CT molecular complexity index is 2780. The molecule has 0 aromatic heterocycles. The number of hydrogen-bond acceptors (Lipinski definition) is 6. The molecule has 0 fully saturated rings. The standard InChI is InChI=1S/C60H66O6/c1-16-61-54-39(6)26-50(27-40(54)7)65-58-43(10)30-52(31-44(58)11)63-56-35(2)22-48(23-36(56)3)60(14,15)49-24-37(4)57(38(5)25-49)64-53-32-45(12)59(46(13)33-53)66-51-28-41(8)55(42(9)29-51)62-34-47-20-18-17-19-21-47/h17-33H,16,34H2,1-15H3. The highest BCUT2D eigenvalue weighted by molar-refractivity contribution is 5.57. The minimum absolute atomic E-state index is 0.291. The minimum Gasteiger partial charge on any atom is -0.493 e. The molecule has 0 heterocycles. The van der Waals surface area contributed by atoms with Crippen LogP contribution >= 0.6 is 0 Å². The molecule has 0 unspecified atom stereocenters. The van der Waals surface area contributed by atoms with Crippen LogP contribution in [0.1, 0.15) is 104 Å². The quantitative estimate of drug-likeness (QED) is 0.102. The van der Waals surface area contributed by atoms with Crippen LogP contribution in [0.25, 0.3) is 0 Å². The summed E-state index contributed by atoms with van der Waals surface area (Å²) >= 11 is 0. The van der Waals surface area contributed by atoms with Gasteiger partial charge in [-0.25, -0.2) is 0 Å². The zero-order valence-electron chi connectivity index (χ0n) is 41.7. The van der Waals surface area contributed by atoms with E-state index in [1.165, 1.54) is 11.1 Å². The molecule has 0 aliphatic carbocycles. The third-order valence-corrected chi connectivity index (χ3v) is 12.5. The van der Waals surface area contributed by atoms with E-state index >= 15 is 0 Å². The van der Waals surface area contributed by atoms with E-state index in [-0.39, 0.29) is 5.41 Å². The van der Waals surface area contributed by atoms with E-state index in [9.17, 15) is 0 Å². The van der Waals surface area contributed by atoms with Gasteiger partial charge >= 0.3 is 0 Å². The Morgan fingerprint density at radius 1 is 0.333 bits per heavy atom. The van der Waals surface area contributed by atoms with E-state index in [1.54, 1.807) is 0 Å². The maximum absolute atomic E-state index is 6.68. The highest BCUT2D eigenvalue weighted by Crippen LogP contribution is 2.43. The second-order valence-corrected chi connectivity index (χ2v) is 18.7. The highest BCUT2D eigenvalue weighted by atomic mass is 16.5. The molecule has 7 rings (SSSR count). The van der Waals surface area contributed by atoms with Crippen molar-refractivity contribution in [3.63, 3.8) is 0 Å². The fourth-order valence-electron chi connectivity index (χ4n) is 9.11. The zero-order valence-corrected chi connectivity index (χ0v) is 41.7. The van der Waals surface area contributed by atoms with Crippen molar-refractivity contribution in [3.8, 4) is 57.5 Å². The fourth-order valence-corrected chi connectivity index (χ4v) is 9.11. The van der Waals surface area contributed by atoms with Gasteiger partial charge in [0.2, 0.25) is 0 Å². The normalized spacial score (nSPS) is 11.4. The number of benzene rings is 7. The van der Waals surface area contributed by atoms with Crippen LogP contribution in [-0.4, -0.2) is 6.61 Å². The van der Waals surface area contributed by atoms with Crippen LogP contribution in [0.4, 0.5) is 0 Å². The Hall–Kier alpha value is -6.66. The fraction of sp³-hybridized carbons (Fsp3) is 0.300. The molecule has 0 aliphatic rings. The maximum Gasteiger partial charge on any atom is 0.133 e. The lowest BCUT2D eigenvalue weighted by molar-refractivity contribution is 0.301. The molecule has 6 heteroatoms. The number of aryl methyl sites for hydroxylation is 12. The third-order valence-electron chi connectivity index (χ3n) is 12.5. The number of rotatable bonds is 15. The van der Waals surface area contributed by atoms with Gasteiger partial charge in [-0.15, -0.1) is 0 Å². The average molecular weight is 883 g/mol. The third kappa shape index (κ3) is 10.2. The Balaban J connectivity index is 1.05. The predicted molar refractivity (Wildman–Crippen MR) is 270 cm³/mol. The maximum atomic E-state index is 6.68. The first kappa shape index (κ1) is 47.3. The van der Waals surface area contributed by atoms with Crippen molar-refractivity contribution in [2.75, 3.05) is 6.61 Å². The molecule has 6 nitrogen and oxygen atoms in total. The van der Waals surface area contributed by atoms with Gasteiger partial charge in [-0.3, -0.25) is 0 Å². The first-order valence-electron chi connectivity index (χ1n) is 23.0. The van der Waals surface area contributed by atoms with Gasteiger partial charge in [0, 0.05) is 5.41 Å². The summed E-state index contributed by atoms with van der Waals surface area (Å²) in [4.78, 5) is 0. The van der Waals surface area contributed by atoms with Gasteiger partial charge in [0.05, 0.1) is 6.61 Å². The van der Waals surface area contributed by atoms with Crippen LogP contribution in [0.2, 0.25) is 0 Å². The summed E-state index contributed by atoms with van der Waals surface area (Å²) < 4.78 is 38.4. The van der Waals surface area contributed by atoms with Crippen LogP contribution in [0.5, 0.6) is 57.5 Å². The van der Waals surface area contributed by atoms with Gasteiger partial charge in [0.25, 0.3) is 0 Å². The molecular weight excluding hydrogens is 817 g/mol. The molecule has 0 atom stereocenters. The lowest BCUT2D eigenvalue weighted by atomic mass is 9.76. The van der Waals surface area contributed by atoms with Crippen LogP contribution in [0, 0.1) is 83.1 Å². The summed E-state index contributed by atoms with van der Waals surface area (Å²) in [5, 5.41) is 0. The Kier molecular flexibility index (Phi) is 13.9. The zero-order chi connectivity index (χ0) is 47.6. The molecule has 0 N–H and O–H groups in total. The van der Waals surface area contributed by atoms with Crippen molar-refractivity contribution in [1.29, 1.82) is 0 Å². The van der Waals surface area contributed by atoms with Gasteiger partial charge in [0.1, 0.15) is 64.1 Å². The smallest absolute Gasteiger partial charge is 0.133 e. The SMILES string of the molecule is CCOc1c(C)cc(Oc2c(C)cc(Oc3c(C)cc(C(C)(C)c4cc(C)c(Oc5cc(C)c(Oc6cc(C)c(OCc7ccccc7)c(C)c6)c(C)c5)c(C)c4)cc3C)cc2C)cc1C. The first-order valence-corrected chi connectivity index (χ1v) is 23.0. The molecule has 0 amide bonds. The second-order valence-electron chi connectivity index (χ2n) is 18.7. The second kappa shape index (κ2) is 19.4. The van der Waals surface area contributed by atoms with E-state index < -0.39 is 0 Å². The summed E-state index contributed by atoms with van der Waals surface area (Å²) in [5.74, 6) is 8.33. The number of hydrogen-bond donors (Lipinski definition) is 0. The van der Waals surface area contributed by atoms with Gasteiger partial charge in [-0.2, -0.15) is 0 Å². The summed E-state index contributed by atoms with van der Waals surface area (Å²) in [7, 11) is 0. The number of ether oxygens (including phenoxy) is 6. The molecule has 0 aliphatic heterocycles. The Morgan fingerprint density at radius 3 is 0.879 bits per heavy atom. The summed E-state index contributed by atoms with van der Waals surface area (Å²) in [5.41, 5.74) is 15.8. The lowest BCUT2D eigenvalue weighted by Gasteiger charge is -2.29. The topological polar surface area (TPSA) is 55.4 Å². The summed E-state index contributed by atoms with van der Waals surface area (Å²) in [6.07, 6.45) is 0. The van der Waals surface area contributed by atoms with Crippen LogP contribution in [0.3, 0.4) is 0 Å². The predicted octanol–water partition coefficient (Wildman–Crippen LogP) is 16.9. The van der Waals surface area contributed by atoms with Crippen LogP contribution in [-0.2, 0) is 12.0 Å². The van der Waals surface area contributed by atoms with Crippen LogP contribution < -0.4 is 28.4 Å². The highest BCUT2D eigenvalue weighted by Gasteiger charge is 2.27. The molecular formula is C60H66O6. The molecule has 66 heavy (non-hydrogen) atoms. The van der Waals surface area contributed by atoms with E-state index in [2.05, 4.69) is 158 Å². The van der Waals surface area contributed by atoms with Gasteiger partial charge in [-0.1, -0.05) is 68.4 Å². The Morgan fingerprint density at radius 2 is 0.591 bits per heavy atom. The van der Waals surface area contributed by atoms with Crippen molar-refractivity contribution in [3.05, 3.63) is 187 Å². The van der Waals surface area contributed by atoms with E-state index in [0.29, 0.717) is 13.2 Å². The first-order chi connectivity index (χ1) is 31.3. The molecule has 0 bridgehead atoms. The summed E-state index contributed by atoms with van der Waals surface area (Å²) in [6.45, 7) is 32.7. The monoisotopic (exact) mass is 882 g/mol. The van der Waals surface area contributed by atoms with Gasteiger partial charge < -0.3 is 28.4 Å². The van der Waals surface area contributed by atoms with E-state index in [4.69, 9.17) is 28.4 Å². The van der Waals surface area contributed by atoms with E-state index in [0.717, 1.165) is 130 Å². The van der Waals surface area contributed by atoms with Crippen molar-refractivity contribution in [1.82, 2.24) is 0 Å². The Labute approximate surface area is 393 Å². The summed E-state index contributed by atoms with van der Waals surface area (Å²) in [6, 6.07) is 35.6. The van der Waals surface area contributed by atoms with Crippen molar-refractivity contribution in [2.24, 2.45) is 0 Å². The van der Waals surface area contributed by atoms with Gasteiger partial charge in [0.15, 0.2) is 0 Å².